The topological polar surface area (TPSA) is 86.7 Å². The highest BCUT2D eigenvalue weighted by molar-refractivity contribution is 6.05. The molecule has 3 amide bonds. The normalized spacial score (nSPS) is 21.5. The maximum absolute atomic E-state index is 14.0. The third-order valence-electron chi connectivity index (χ3n) is 3.82. The predicted octanol–water partition coefficient (Wildman–Crippen LogP) is 0.0790. The van der Waals surface area contributed by atoms with Crippen molar-refractivity contribution in [3.05, 3.63) is 34.6 Å². The Bertz CT molecular complexity index is 659. The number of carbonyl (C=O) groups is 3. The van der Waals surface area contributed by atoms with E-state index in [1.54, 1.807) is 6.07 Å². The lowest BCUT2D eigenvalue weighted by Gasteiger charge is -2.29. The van der Waals surface area contributed by atoms with Crippen LogP contribution in [-0.4, -0.2) is 33.8 Å². The number of nitrogens with one attached hydrogen (secondary N) is 1. The van der Waals surface area contributed by atoms with E-state index in [2.05, 4.69) is 5.32 Å². The summed E-state index contributed by atoms with van der Waals surface area (Å²) < 4.78 is 14.0. The van der Waals surface area contributed by atoms with Gasteiger partial charge in [-0.1, -0.05) is 6.07 Å². The molecule has 0 aromatic heterocycles. The molecule has 6 nitrogen and oxygen atoms in total. The number of halogens is 1. The Morgan fingerprint density at radius 2 is 2.10 bits per heavy atom. The SMILES string of the molecule is O=C1CCC(N2Cc3cc(CO)cc(F)c3C2=O)C(=O)N1. The van der Waals surface area contributed by atoms with E-state index in [4.69, 9.17) is 5.11 Å². The van der Waals surface area contributed by atoms with Gasteiger partial charge in [0.25, 0.3) is 5.91 Å². The largest absolute Gasteiger partial charge is 0.392 e. The molecule has 21 heavy (non-hydrogen) atoms. The van der Waals surface area contributed by atoms with Crippen LogP contribution in [0.3, 0.4) is 0 Å². The molecule has 3 rings (SSSR count). The monoisotopic (exact) mass is 292 g/mol. The highest BCUT2D eigenvalue weighted by Crippen LogP contribution is 2.30. The average Bonchev–Trinajstić information content (AvgIpc) is 2.76. The van der Waals surface area contributed by atoms with Crippen molar-refractivity contribution in [2.45, 2.75) is 32.0 Å². The summed E-state index contributed by atoms with van der Waals surface area (Å²) in [7, 11) is 0. The third-order valence-corrected chi connectivity index (χ3v) is 3.82. The maximum atomic E-state index is 14.0. The second kappa shape index (κ2) is 4.92. The molecule has 1 fully saturated rings. The fourth-order valence-electron chi connectivity index (χ4n) is 2.81. The Morgan fingerprint density at radius 3 is 2.76 bits per heavy atom. The van der Waals surface area contributed by atoms with Crippen LogP contribution in [0, 0.1) is 5.82 Å². The molecule has 1 atom stereocenters. The first-order chi connectivity index (χ1) is 10.0. The summed E-state index contributed by atoms with van der Waals surface area (Å²) in [6, 6.07) is 1.91. The Balaban J connectivity index is 1.92. The van der Waals surface area contributed by atoms with Crippen molar-refractivity contribution < 1.29 is 23.9 Å². The van der Waals surface area contributed by atoms with Crippen molar-refractivity contribution in [1.29, 1.82) is 0 Å². The number of nitrogens with zero attached hydrogens (tertiary/aromatic N) is 1. The molecule has 110 valence electrons. The van der Waals surface area contributed by atoms with Gasteiger partial charge >= 0.3 is 0 Å². The fourth-order valence-corrected chi connectivity index (χ4v) is 2.81. The molecule has 2 aliphatic heterocycles. The van der Waals surface area contributed by atoms with Crippen LogP contribution in [0.5, 0.6) is 0 Å². The van der Waals surface area contributed by atoms with Gasteiger partial charge in [-0.3, -0.25) is 19.7 Å². The number of hydrogen-bond donors (Lipinski definition) is 2. The zero-order valence-electron chi connectivity index (χ0n) is 11.1. The Labute approximate surface area is 119 Å². The van der Waals surface area contributed by atoms with E-state index in [9.17, 15) is 18.8 Å². The highest BCUT2D eigenvalue weighted by atomic mass is 19.1. The Kier molecular flexibility index (Phi) is 3.21. The standard InChI is InChI=1S/C14H13FN2O4/c15-9-4-7(6-18)3-8-5-17(14(21)12(8)9)10-1-2-11(19)16-13(10)20/h3-4,10,18H,1-2,5-6H2,(H,16,19,20). The lowest BCUT2D eigenvalue weighted by Crippen LogP contribution is -2.52. The van der Waals surface area contributed by atoms with Crippen molar-refractivity contribution in [3.8, 4) is 0 Å². The minimum Gasteiger partial charge on any atom is -0.392 e. The zero-order chi connectivity index (χ0) is 15.1. The third kappa shape index (κ3) is 2.19. The molecule has 0 spiro atoms. The van der Waals surface area contributed by atoms with Crippen LogP contribution in [-0.2, 0) is 22.7 Å². The van der Waals surface area contributed by atoms with Crippen molar-refractivity contribution in [1.82, 2.24) is 10.2 Å². The van der Waals surface area contributed by atoms with Gasteiger partial charge in [0, 0.05) is 13.0 Å². The molecule has 0 radical (unpaired) electrons. The molecular weight excluding hydrogens is 279 g/mol. The molecule has 0 bridgehead atoms. The first-order valence-electron chi connectivity index (χ1n) is 6.58. The van der Waals surface area contributed by atoms with Crippen molar-refractivity contribution >= 4 is 17.7 Å². The number of benzene rings is 1. The molecule has 1 saturated heterocycles. The molecule has 0 saturated carbocycles. The number of imide groups is 1. The summed E-state index contributed by atoms with van der Waals surface area (Å²) >= 11 is 0. The summed E-state index contributed by atoms with van der Waals surface area (Å²) in [5.41, 5.74) is 0.773. The van der Waals surface area contributed by atoms with Crippen LogP contribution in [0.15, 0.2) is 12.1 Å². The van der Waals surface area contributed by atoms with Crippen LogP contribution in [0.25, 0.3) is 0 Å². The summed E-state index contributed by atoms with van der Waals surface area (Å²) in [5, 5.41) is 11.3. The van der Waals surface area contributed by atoms with Gasteiger partial charge in [0.05, 0.1) is 12.2 Å². The van der Waals surface area contributed by atoms with Gasteiger partial charge in [0.2, 0.25) is 11.8 Å². The van der Waals surface area contributed by atoms with Gasteiger partial charge in [-0.2, -0.15) is 0 Å². The van der Waals surface area contributed by atoms with E-state index in [1.165, 1.54) is 4.90 Å². The average molecular weight is 292 g/mol. The van der Waals surface area contributed by atoms with E-state index < -0.39 is 23.7 Å². The molecule has 2 N–H and O–H groups in total. The van der Waals surface area contributed by atoms with Gasteiger partial charge < -0.3 is 10.0 Å². The second-order valence-electron chi connectivity index (χ2n) is 5.17. The van der Waals surface area contributed by atoms with Crippen molar-refractivity contribution in [2.24, 2.45) is 0 Å². The fraction of sp³-hybridized carbons (Fsp3) is 0.357. The number of rotatable bonds is 2. The lowest BCUT2D eigenvalue weighted by atomic mass is 10.0. The molecule has 1 aromatic carbocycles. The van der Waals surface area contributed by atoms with E-state index in [1.807, 2.05) is 0 Å². The van der Waals surface area contributed by atoms with Crippen LogP contribution in [0.4, 0.5) is 4.39 Å². The van der Waals surface area contributed by atoms with Gasteiger partial charge in [-0.15, -0.1) is 0 Å². The van der Waals surface area contributed by atoms with Crippen LogP contribution >= 0.6 is 0 Å². The quantitative estimate of drug-likeness (QED) is 0.756. The van der Waals surface area contributed by atoms with Gasteiger partial charge in [-0.25, -0.2) is 4.39 Å². The molecule has 1 unspecified atom stereocenters. The van der Waals surface area contributed by atoms with Crippen LogP contribution in [0.2, 0.25) is 0 Å². The number of aliphatic hydroxyl groups excluding tert-OH is 1. The number of hydrogen-bond acceptors (Lipinski definition) is 4. The zero-order valence-corrected chi connectivity index (χ0v) is 11.1. The first-order valence-corrected chi connectivity index (χ1v) is 6.58. The Morgan fingerprint density at radius 1 is 1.33 bits per heavy atom. The summed E-state index contributed by atoms with van der Waals surface area (Å²) in [5.74, 6) is -2.15. The number of aliphatic hydroxyl groups is 1. The van der Waals surface area contributed by atoms with Gasteiger partial charge in [0.15, 0.2) is 0 Å². The van der Waals surface area contributed by atoms with Crippen LogP contribution in [0.1, 0.15) is 34.3 Å². The van der Waals surface area contributed by atoms with Crippen LogP contribution < -0.4 is 5.32 Å². The molecular formula is C14H13FN2O4. The van der Waals surface area contributed by atoms with Crippen molar-refractivity contribution in [3.63, 3.8) is 0 Å². The van der Waals surface area contributed by atoms with Gasteiger partial charge in [-0.05, 0) is 23.6 Å². The minimum atomic E-state index is -0.764. The van der Waals surface area contributed by atoms with E-state index in [0.717, 1.165) is 6.07 Å². The number of piperidine rings is 1. The second-order valence-corrected chi connectivity index (χ2v) is 5.17. The van der Waals surface area contributed by atoms with E-state index in [0.29, 0.717) is 11.1 Å². The number of carbonyl (C=O) groups excluding carboxylic acids is 3. The Hall–Kier alpha value is -2.28. The summed E-state index contributed by atoms with van der Waals surface area (Å²) in [6.07, 6.45) is 0.389. The lowest BCUT2D eigenvalue weighted by molar-refractivity contribution is -0.136. The first kappa shape index (κ1) is 13.7. The number of amides is 3. The van der Waals surface area contributed by atoms with E-state index in [-0.39, 0.29) is 37.5 Å². The van der Waals surface area contributed by atoms with E-state index >= 15 is 0 Å². The molecule has 2 heterocycles. The molecule has 7 heteroatoms. The summed E-state index contributed by atoms with van der Waals surface area (Å²) in [4.78, 5) is 36.6. The molecule has 0 aliphatic carbocycles. The highest BCUT2D eigenvalue weighted by Gasteiger charge is 2.40. The molecule has 2 aliphatic rings. The van der Waals surface area contributed by atoms with Crippen molar-refractivity contribution in [2.75, 3.05) is 0 Å². The maximum Gasteiger partial charge on any atom is 0.258 e. The van der Waals surface area contributed by atoms with Gasteiger partial charge in [0.1, 0.15) is 11.9 Å². The smallest absolute Gasteiger partial charge is 0.258 e. The molecule has 1 aromatic rings. The predicted molar refractivity (Wildman–Crippen MR) is 68.4 cm³/mol. The minimum absolute atomic E-state index is 0.0584. The summed E-state index contributed by atoms with van der Waals surface area (Å²) in [6.45, 7) is -0.220. The number of fused-ring (bicyclic) bond motifs is 1.